The van der Waals surface area contributed by atoms with Gasteiger partial charge in [0.05, 0.1) is 5.56 Å². The standard InChI is InChI=1S/C10H6F3N3O2/c11-10(12,13)7-4-16(5-15-7)8-3-6(9(17)18)1-2-14-8/h1-5H,(H,17,18). The van der Waals surface area contributed by atoms with E-state index in [1.54, 1.807) is 0 Å². The minimum Gasteiger partial charge on any atom is -0.478 e. The van der Waals surface area contributed by atoms with E-state index in [1.807, 2.05) is 0 Å². The van der Waals surface area contributed by atoms with Gasteiger partial charge in [0.15, 0.2) is 5.69 Å². The van der Waals surface area contributed by atoms with Crippen molar-refractivity contribution < 1.29 is 23.1 Å². The monoisotopic (exact) mass is 257 g/mol. The molecular weight excluding hydrogens is 251 g/mol. The zero-order valence-electron chi connectivity index (χ0n) is 8.72. The van der Waals surface area contributed by atoms with Crippen LogP contribution < -0.4 is 0 Å². The first-order valence-corrected chi connectivity index (χ1v) is 4.69. The van der Waals surface area contributed by atoms with Crippen LogP contribution in [-0.2, 0) is 6.18 Å². The third-order valence-corrected chi connectivity index (χ3v) is 2.13. The maximum Gasteiger partial charge on any atom is 0.434 e. The molecule has 5 nitrogen and oxygen atoms in total. The Morgan fingerprint density at radius 3 is 2.61 bits per heavy atom. The summed E-state index contributed by atoms with van der Waals surface area (Å²) < 4.78 is 38.0. The summed E-state index contributed by atoms with van der Waals surface area (Å²) in [6, 6.07) is 2.40. The molecule has 0 saturated carbocycles. The van der Waals surface area contributed by atoms with Crippen molar-refractivity contribution in [2.24, 2.45) is 0 Å². The number of pyridine rings is 1. The van der Waals surface area contributed by atoms with Gasteiger partial charge in [0, 0.05) is 12.4 Å². The number of carboxylic acids is 1. The van der Waals surface area contributed by atoms with Gasteiger partial charge in [-0.05, 0) is 12.1 Å². The van der Waals surface area contributed by atoms with Crippen molar-refractivity contribution in [1.29, 1.82) is 0 Å². The molecule has 0 atom stereocenters. The van der Waals surface area contributed by atoms with Crippen LogP contribution >= 0.6 is 0 Å². The van der Waals surface area contributed by atoms with E-state index in [1.165, 1.54) is 12.3 Å². The maximum absolute atomic E-state index is 12.3. The van der Waals surface area contributed by atoms with Crippen LogP contribution in [0.5, 0.6) is 0 Å². The fraction of sp³-hybridized carbons (Fsp3) is 0.100. The van der Waals surface area contributed by atoms with Gasteiger partial charge in [0.2, 0.25) is 0 Å². The van der Waals surface area contributed by atoms with Gasteiger partial charge in [0.1, 0.15) is 12.1 Å². The molecule has 2 aromatic heterocycles. The van der Waals surface area contributed by atoms with Gasteiger partial charge >= 0.3 is 12.1 Å². The van der Waals surface area contributed by atoms with Crippen LogP contribution in [0.1, 0.15) is 16.1 Å². The lowest BCUT2D eigenvalue weighted by atomic mass is 10.2. The fourth-order valence-corrected chi connectivity index (χ4v) is 1.29. The van der Waals surface area contributed by atoms with E-state index < -0.39 is 17.8 Å². The third kappa shape index (κ3) is 2.31. The molecule has 1 N–H and O–H groups in total. The highest BCUT2D eigenvalue weighted by molar-refractivity contribution is 5.87. The van der Waals surface area contributed by atoms with Gasteiger partial charge in [-0.2, -0.15) is 13.2 Å². The Balaban J connectivity index is 2.40. The SMILES string of the molecule is O=C(O)c1ccnc(-n2cnc(C(F)(F)F)c2)c1. The zero-order valence-corrected chi connectivity index (χ0v) is 8.72. The van der Waals surface area contributed by atoms with Gasteiger partial charge < -0.3 is 5.11 Å². The second-order valence-electron chi connectivity index (χ2n) is 3.37. The molecule has 0 aliphatic rings. The quantitative estimate of drug-likeness (QED) is 0.893. The fourth-order valence-electron chi connectivity index (χ4n) is 1.29. The number of hydrogen-bond acceptors (Lipinski definition) is 3. The summed E-state index contributed by atoms with van der Waals surface area (Å²) in [5, 5.41) is 8.76. The van der Waals surface area contributed by atoms with E-state index in [0.717, 1.165) is 23.2 Å². The number of rotatable bonds is 2. The Kier molecular flexibility index (Phi) is 2.77. The summed E-state index contributed by atoms with van der Waals surface area (Å²) in [5.41, 5.74) is -1.13. The van der Waals surface area contributed by atoms with Crippen molar-refractivity contribution in [3.8, 4) is 5.82 Å². The Hall–Kier alpha value is -2.38. The minimum atomic E-state index is -4.55. The van der Waals surface area contributed by atoms with Crippen LogP contribution in [0.3, 0.4) is 0 Å². The molecule has 0 fully saturated rings. The first-order valence-electron chi connectivity index (χ1n) is 4.69. The van der Waals surface area contributed by atoms with Crippen molar-refractivity contribution in [1.82, 2.24) is 14.5 Å². The van der Waals surface area contributed by atoms with Crippen molar-refractivity contribution in [2.75, 3.05) is 0 Å². The molecule has 94 valence electrons. The zero-order chi connectivity index (χ0) is 13.3. The molecular formula is C10H6F3N3O2. The predicted octanol–water partition coefficient (Wildman–Crippen LogP) is 1.98. The molecule has 0 aliphatic carbocycles. The molecule has 0 spiro atoms. The van der Waals surface area contributed by atoms with Crippen LogP contribution in [0.15, 0.2) is 30.9 Å². The van der Waals surface area contributed by atoms with Crippen molar-refractivity contribution in [3.05, 3.63) is 42.1 Å². The summed E-state index contributed by atoms with van der Waals surface area (Å²) in [6.45, 7) is 0. The van der Waals surface area contributed by atoms with Crippen molar-refractivity contribution in [3.63, 3.8) is 0 Å². The Bertz CT molecular complexity index is 592. The van der Waals surface area contributed by atoms with E-state index in [9.17, 15) is 18.0 Å². The Labute approximate surface area is 98.5 Å². The van der Waals surface area contributed by atoms with Gasteiger partial charge in [-0.1, -0.05) is 0 Å². The molecule has 0 radical (unpaired) electrons. The second-order valence-corrected chi connectivity index (χ2v) is 3.37. The van der Waals surface area contributed by atoms with Gasteiger partial charge in [-0.3, -0.25) is 4.57 Å². The summed E-state index contributed by atoms with van der Waals surface area (Å²) in [4.78, 5) is 17.7. The summed E-state index contributed by atoms with van der Waals surface area (Å²) in [6.07, 6.45) is -1.67. The number of halogens is 3. The number of aromatic nitrogens is 3. The molecule has 0 aromatic carbocycles. The lowest BCUT2D eigenvalue weighted by molar-refractivity contribution is -0.140. The number of hydrogen-bond donors (Lipinski definition) is 1. The highest BCUT2D eigenvalue weighted by atomic mass is 19.4. The van der Waals surface area contributed by atoms with Crippen LogP contribution in [0, 0.1) is 0 Å². The second kappa shape index (κ2) is 4.13. The molecule has 2 heterocycles. The van der Waals surface area contributed by atoms with E-state index >= 15 is 0 Å². The largest absolute Gasteiger partial charge is 0.478 e. The van der Waals surface area contributed by atoms with E-state index in [-0.39, 0.29) is 11.4 Å². The van der Waals surface area contributed by atoms with E-state index in [4.69, 9.17) is 5.11 Å². The summed E-state index contributed by atoms with van der Waals surface area (Å²) in [7, 11) is 0. The lowest BCUT2D eigenvalue weighted by Gasteiger charge is -2.02. The topological polar surface area (TPSA) is 68.0 Å². The molecule has 0 unspecified atom stereocenters. The van der Waals surface area contributed by atoms with E-state index in [2.05, 4.69) is 9.97 Å². The number of carboxylic acid groups (broad SMARTS) is 1. The van der Waals surface area contributed by atoms with E-state index in [0.29, 0.717) is 0 Å². The van der Waals surface area contributed by atoms with Gasteiger partial charge in [-0.15, -0.1) is 0 Å². The number of imidazole rings is 1. The van der Waals surface area contributed by atoms with Crippen molar-refractivity contribution >= 4 is 5.97 Å². The first-order chi connectivity index (χ1) is 8.38. The number of aromatic carboxylic acids is 1. The molecule has 2 aromatic rings. The number of alkyl halides is 3. The Morgan fingerprint density at radius 2 is 2.06 bits per heavy atom. The highest BCUT2D eigenvalue weighted by Gasteiger charge is 2.33. The normalized spacial score (nSPS) is 11.5. The predicted molar refractivity (Wildman–Crippen MR) is 53.3 cm³/mol. The van der Waals surface area contributed by atoms with Crippen LogP contribution in [0.2, 0.25) is 0 Å². The van der Waals surface area contributed by atoms with Gasteiger partial charge in [0.25, 0.3) is 0 Å². The third-order valence-electron chi connectivity index (χ3n) is 2.13. The lowest BCUT2D eigenvalue weighted by Crippen LogP contribution is -2.05. The maximum atomic E-state index is 12.3. The van der Waals surface area contributed by atoms with Crippen LogP contribution in [0.4, 0.5) is 13.2 Å². The average Bonchev–Trinajstić information content (AvgIpc) is 2.78. The number of carbonyl (C=O) groups is 1. The molecule has 0 bridgehead atoms. The molecule has 0 amide bonds. The average molecular weight is 257 g/mol. The minimum absolute atomic E-state index is 0.0536. The molecule has 0 saturated heterocycles. The van der Waals surface area contributed by atoms with Crippen molar-refractivity contribution in [2.45, 2.75) is 6.18 Å². The van der Waals surface area contributed by atoms with Crippen LogP contribution in [-0.4, -0.2) is 25.6 Å². The molecule has 2 rings (SSSR count). The molecule has 8 heteroatoms. The molecule has 18 heavy (non-hydrogen) atoms. The molecule has 0 aliphatic heterocycles. The van der Waals surface area contributed by atoms with Crippen LogP contribution in [0.25, 0.3) is 5.82 Å². The summed E-state index contributed by atoms with van der Waals surface area (Å²) in [5.74, 6) is -1.13. The smallest absolute Gasteiger partial charge is 0.434 e. The Morgan fingerprint density at radius 1 is 1.33 bits per heavy atom. The first kappa shape index (κ1) is 12.1. The highest BCUT2D eigenvalue weighted by Crippen LogP contribution is 2.27. The van der Waals surface area contributed by atoms with Gasteiger partial charge in [-0.25, -0.2) is 14.8 Å². The summed E-state index contributed by atoms with van der Waals surface area (Å²) >= 11 is 0. The number of nitrogens with zero attached hydrogens (tertiary/aromatic N) is 3.